The third-order valence-corrected chi connectivity index (χ3v) is 5.00. The van der Waals surface area contributed by atoms with Gasteiger partial charge in [-0.3, -0.25) is 9.69 Å². The van der Waals surface area contributed by atoms with E-state index in [2.05, 4.69) is 4.90 Å². The van der Waals surface area contributed by atoms with Crippen molar-refractivity contribution in [1.29, 1.82) is 0 Å². The first-order valence-corrected chi connectivity index (χ1v) is 9.43. The summed E-state index contributed by atoms with van der Waals surface area (Å²) in [6.45, 7) is 4.17. The van der Waals surface area contributed by atoms with Crippen molar-refractivity contribution in [3.05, 3.63) is 66.6 Å². The fourth-order valence-electron chi connectivity index (χ4n) is 3.55. The van der Waals surface area contributed by atoms with E-state index in [1.165, 1.54) is 0 Å². The molecule has 5 nitrogen and oxygen atoms in total. The fourth-order valence-corrected chi connectivity index (χ4v) is 3.55. The number of nitrogens with zero attached hydrogens (tertiary/aromatic N) is 2. The molecule has 4 rings (SSSR count). The zero-order valence-corrected chi connectivity index (χ0v) is 15.3. The molecule has 0 saturated carbocycles. The summed E-state index contributed by atoms with van der Waals surface area (Å²) in [5.41, 5.74) is 0. The van der Waals surface area contributed by atoms with Crippen LogP contribution in [-0.4, -0.2) is 48.5 Å². The smallest absolute Gasteiger partial charge is 0.260 e. The first-order valence-electron chi connectivity index (χ1n) is 9.43. The van der Waals surface area contributed by atoms with Crippen LogP contribution in [0.5, 0.6) is 5.75 Å². The Hall–Kier alpha value is -2.79. The minimum Gasteiger partial charge on any atom is -0.483 e. The summed E-state index contributed by atoms with van der Waals surface area (Å²) in [6, 6.07) is 17.9. The Balaban J connectivity index is 1.33. The maximum atomic E-state index is 12.6. The number of benzene rings is 2. The van der Waals surface area contributed by atoms with Crippen LogP contribution >= 0.6 is 0 Å². The summed E-state index contributed by atoms with van der Waals surface area (Å²) < 4.78 is 11.3. The zero-order valence-electron chi connectivity index (χ0n) is 15.3. The molecule has 1 amide bonds. The molecule has 0 spiro atoms. The third kappa shape index (κ3) is 4.31. The topological polar surface area (TPSA) is 45.9 Å². The van der Waals surface area contributed by atoms with Crippen molar-refractivity contribution >= 4 is 16.7 Å². The van der Waals surface area contributed by atoms with E-state index in [9.17, 15) is 4.79 Å². The van der Waals surface area contributed by atoms with Crippen LogP contribution in [0.25, 0.3) is 10.8 Å². The van der Waals surface area contributed by atoms with Crippen LogP contribution in [0.15, 0.2) is 65.3 Å². The zero-order chi connectivity index (χ0) is 18.5. The lowest BCUT2D eigenvalue weighted by atomic mass is 10.1. The number of fused-ring (bicyclic) bond motifs is 1. The number of hydrogen-bond donors (Lipinski definition) is 0. The number of carbonyl (C=O) groups excluding carboxylic acids is 1. The molecule has 2 heterocycles. The summed E-state index contributed by atoms with van der Waals surface area (Å²) in [6.07, 6.45) is 2.66. The van der Waals surface area contributed by atoms with Gasteiger partial charge >= 0.3 is 0 Å². The van der Waals surface area contributed by atoms with Crippen molar-refractivity contribution < 1.29 is 13.9 Å². The second-order valence-electron chi connectivity index (χ2n) is 6.86. The lowest BCUT2D eigenvalue weighted by Crippen LogP contribution is -2.38. The average molecular weight is 364 g/mol. The van der Waals surface area contributed by atoms with Gasteiger partial charge in [-0.15, -0.1) is 0 Å². The number of amides is 1. The van der Waals surface area contributed by atoms with Gasteiger partial charge in [0.1, 0.15) is 11.5 Å². The van der Waals surface area contributed by atoms with Gasteiger partial charge < -0.3 is 14.1 Å². The van der Waals surface area contributed by atoms with E-state index in [-0.39, 0.29) is 12.5 Å². The molecule has 0 N–H and O–H groups in total. The summed E-state index contributed by atoms with van der Waals surface area (Å²) in [5.74, 6) is 1.77. The fraction of sp³-hybridized carbons (Fsp3) is 0.318. The van der Waals surface area contributed by atoms with Gasteiger partial charge in [-0.2, -0.15) is 0 Å². The second-order valence-corrected chi connectivity index (χ2v) is 6.86. The lowest BCUT2D eigenvalue weighted by molar-refractivity contribution is -0.133. The van der Waals surface area contributed by atoms with Crippen molar-refractivity contribution in [2.75, 3.05) is 32.8 Å². The molecule has 5 heteroatoms. The Morgan fingerprint density at radius 2 is 1.85 bits per heavy atom. The van der Waals surface area contributed by atoms with Crippen molar-refractivity contribution in [3.63, 3.8) is 0 Å². The van der Waals surface area contributed by atoms with Gasteiger partial charge in [-0.25, -0.2) is 0 Å². The summed E-state index contributed by atoms with van der Waals surface area (Å²) in [4.78, 5) is 16.9. The maximum Gasteiger partial charge on any atom is 0.260 e. The van der Waals surface area contributed by atoms with E-state index >= 15 is 0 Å². The highest BCUT2D eigenvalue weighted by Gasteiger charge is 2.20. The molecule has 1 aromatic heterocycles. The van der Waals surface area contributed by atoms with E-state index in [1.807, 2.05) is 59.5 Å². The molecule has 2 aromatic carbocycles. The number of furan rings is 1. The van der Waals surface area contributed by atoms with Crippen LogP contribution in [-0.2, 0) is 11.3 Å². The van der Waals surface area contributed by atoms with Gasteiger partial charge in [-0.05, 0) is 30.0 Å². The first kappa shape index (κ1) is 17.6. The second kappa shape index (κ2) is 8.27. The Labute approximate surface area is 159 Å². The summed E-state index contributed by atoms with van der Waals surface area (Å²) in [7, 11) is 0. The Kier molecular flexibility index (Phi) is 5.39. The number of ether oxygens (including phenoxy) is 1. The minimum absolute atomic E-state index is 0.0442. The monoisotopic (exact) mass is 364 g/mol. The third-order valence-electron chi connectivity index (χ3n) is 5.00. The van der Waals surface area contributed by atoms with Gasteiger partial charge in [-0.1, -0.05) is 36.4 Å². The van der Waals surface area contributed by atoms with Crippen molar-refractivity contribution in [1.82, 2.24) is 9.80 Å². The van der Waals surface area contributed by atoms with E-state index in [0.717, 1.165) is 61.4 Å². The standard InChI is InChI=1S/C22H24N2O3/c25-22(17-27-21-10-3-7-18-6-1-2-9-20(18)21)24-12-5-11-23(13-14-24)16-19-8-4-15-26-19/h1-4,6-10,15H,5,11-14,16-17H2. The molecule has 0 aliphatic carbocycles. The van der Waals surface area contributed by atoms with E-state index in [4.69, 9.17) is 9.15 Å². The molecule has 1 saturated heterocycles. The number of rotatable bonds is 5. The first-order chi connectivity index (χ1) is 13.3. The summed E-state index contributed by atoms with van der Waals surface area (Å²) >= 11 is 0. The van der Waals surface area contributed by atoms with Crippen LogP contribution in [0.2, 0.25) is 0 Å². The van der Waals surface area contributed by atoms with Crippen LogP contribution in [0.3, 0.4) is 0 Å². The molecular weight excluding hydrogens is 340 g/mol. The normalized spacial score (nSPS) is 15.6. The van der Waals surface area contributed by atoms with Crippen LogP contribution in [0.4, 0.5) is 0 Å². The van der Waals surface area contributed by atoms with E-state index in [1.54, 1.807) is 6.26 Å². The predicted octanol–water partition coefficient (Wildman–Crippen LogP) is 3.55. The highest BCUT2D eigenvalue weighted by Crippen LogP contribution is 2.25. The molecule has 0 unspecified atom stereocenters. The predicted molar refractivity (Wildman–Crippen MR) is 105 cm³/mol. The largest absolute Gasteiger partial charge is 0.483 e. The molecule has 0 atom stereocenters. The molecule has 3 aromatic rings. The molecule has 140 valence electrons. The molecule has 27 heavy (non-hydrogen) atoms. The maximum absolute atomic E-state index is 12.6. The van der Waals surface area contributed by atoms with E-state index in [0.29, 0.717) is 0 Å². The molecule has 0 radical (unpaired) electrons. The quantitative estimate of drug-likeness (QED) is 0.695. The Morgan fingerprint density at radius 1 is 0.963 bits per heavy atom. The molecule has 1 aliphatic heterocycles. The van der Waals surface area contributed by atoms with Crippen LogP contribution in [0.1, 0.15) is 12.2 Å². The number of hydrogen-bond acceptors (Lipinski definition) is 4. The van der Waals surface area contributed by atoms with Crippen molar-refractivity contribution in [3.8, 4) is 5.75 Å². The van der Waals surface area contributed by atoms with Gasteiger partial charge in [0, 0.05) is 31.6 Å². The van der Waals surface area contributed by atoms with Gasteiger partial charge in [0.25, 0.3) is 5.91 Å². The van der Waals surface area contributed by atoms with Crippen LogP contribution in [0, 0.1) is 0 Å². The Morgan fingerprint density at radius 3 is 2.74 bits per heavy atom. The highest BCUT2D eigenvalue weighted by molar-refractivity contribution is 5.88. The molecular formula is C22H24N2O3. The average Bonchev–Trinajstić information content (AvgIpc) is 3.10. The number of carbonyl (C=O) groups is 1. The summed E-state index contributed by atoms with van der Waals surface area (Å²) in [5, 5.41) is 2.15. The van der Waals surface area contributed by atoms with Crippen molar-refractivity contribution in [2.45, 2.75) is 13.0 Å². The molecule has 1 aliphatic rings. The SMILES string of the molecule is O=C(COc1cccc2ccccc12)N1CCCN(Cc2ccco2)CC1. The van der Waals surface area contributed by atoms with Crippen molar-refractivity contribution in [2.24, 2.45) is 0 Å². The highest BCUT2D eigenvalue weighted by atomic mass is 16.5. The van der Waals surface area contributed by atoms with Gasteiger partial charge in [0.15, 0.2) is 6.61 Å². The van der Waals surface area contributed by atoms with Gasteiger partial charge in [0.2, 0.25) is 0 Å². The van der Waals surface area contributed by atoms with E-state index < -0.39 is 0 Å². The van der Waals surface area contributed by atoms with Crippen LogP contribution < -0.4 is 4.74 Å². The minimum atomic E-state index is 0.0442. The Bertz CT molecular complexity index is 886. The molecule has 1 fully saturated rings. The van der Waals surface area contributed by atoms with Gasteiger partial charge in [0.05, 0.1) is 12.8 Å². The lowest BCUT2D eigenvalue weighted by Gasteiger charge is -2.21. The molecule has 0 bridgehead atoms.